The number of aliphatic carboxylic acids is 1. The van der Waals surface area contributed by atoms with Gasteiger partial charge in [-0.05, 0) is 42.0 Å². The molecule has 2 aromatic carbocycles. The summed E-state index contributed by atoms with van der Waals surface area (Å²) >= 11 is 15.4. The Hall–Kier alpha value is -1.23. The van der Waals surface area contributed by atoms with Crippen LogP contribution in [0.2, 0.25) is 10.0 Å². The topological polar surface area (TPSA) is 40.5 Å². The van der Waals surface area contributed by atoms with Crippen LogP contribution in [0.25, 0.3) is 0 Å². The molecule has 0 aliphatic carbocycles. The first-order valence-corrected chi connectivity index (χ1v) is 7.67. The highest BCUT2D eigenvalue weighted by atomic mass is 79.9. The Balaban J connectivity index is 2.27. The van der Waals surface area contributed by atoms with Crippen molar-refractivity contribution in [3.8, 4) is 0 Å². The molecule has 0 fully saturated rings. The summed E-state index contributed by atoms with van der Waals surface area (Å²) in [4.78, 5) is 12.8. The largest absolute Gasteiger partial charge is 0.480 e. The second-order valence-electron chi connectivity index (χ2n) is 4.46. The van der Waals surface area contributed by atoms with Gasteiger partial charge in [0, 0.05) is 26.8 Å². The van der Waals surface area contributed by atoms with Crippen molar-refractivity contribution in [1.29, 1.82) is 0 Å². The first-order valence-electron chi connectivity index (χ1n) is 6.12. The van der Waals surface area contributed by atoms with E-state index in [1.807, 2.05) is 12.1 Å². The summed E-state index contributed by atoms with van der Waals surface area (Å²) in [5.41, 5.74) is 1.64. The van der Waals surface area contributed by atoms with Gasteiger partial charge in [0.05, 0.1) is 0 Å². The lowest BCUT2D eigenvalue weighted by Crippen LogP contribution is -2.29. The molecule has 110 valence electrons. The first-order chi connectivity index (χ1) is 9.95. The van der Waals surface area contributed by atoms with Gasteiger partial charge >= 0.3 is 5.97 Å². The van der Waals surface area contributed by atoms with Crippen LogP contribution in [0.5, 0.6) is 0 Å². The molecule has 0 spiro atoms. The van der Waals surface area contributed by atoms with Gasteiger partial charge in [0.1, 0.15) is 6.54 Å². The van der Waals surface area contributed by atoms with Crippen LogP contribution in [0.15, 0.2) is 46.9 Å². The molecular weight excluding hydrogens is 377 g/mol. The lowest BCUT2D eigenvalue weighted by atomic mass is 10.2. The van der Waals surface area contributed by atoms with E-state index in [0.717, 1.165) is 15.7 Å². The maximum Gasteiger partial charge on any atom is 0.323 e. The molecule has 0 saturated heterocycles. The second-order valence-corrected chi connectivity index (χ2v) is 6.22. The highest BCUT2D eigenvalue weighted by Gasteiger charge is 2.13. The van der Waals surface area contributed by atoms with Crippen molar-refractivity contribution in [3.05, 3.63) is 62.5 Å². The summed E-state index contributed by atoms with van der Waals surface area (Å²) in [5.74, 6) is -0.904. The normalized spacial score (nSPS) is 10.4. The molecule has 2 aromatic rings. The fourth-order valence-corrected chi connectivity index (χ4v) is 2.77. The molecule has 0 heterocycles. The molecule has 0 unspecified atom stereocenters. The van der Waals surface area contributed by atoms with E-state index in [2.05, 4.69) is 15.9 Å². The van der Waals surface area contributed by atoms with Crippen molar-refractivity contribution >= 4 is 50.8 Å². The minimum absolute atomic E-state index is 0.117. The van der Waals surface area contributed by atoms with E-state index in [0.29, 0.717) is 16.6 Å². The molecule has 2 rings (SSSR count). The SMILES string of the molecule is O=C(O)CN(Cc1ccc(Br)cc1Cl)c1ccc(Cl)cc1. The zero-order chi connectivity index (χ0) is 15.4. The molecule has 0 aliphatic heterocycles. The minimum atomic E-state index is -0.904. The molecule has 21 heavy (non-hydrogen) atoms. The molecule has 0 radical (unpaired) electrons. The van der Waals surface area contributed by atoms with Crippen LogP contribution in [0, 0.1) is 0 Å². The van der Waals surface area contributed by atoms with Gasteiger partial charge in [-0.15, -0.1) is 0 Å². The number of nitrogens with zero attached hydrogens (tertiary/aromatic N) is 1. The lowest BCUT2D eigenvalue weighted by molar-refractivity contribution is -0.135. The quantitative estimate of drug-likeness (QED) is 0.795. The van der Waals surface area contributed by atoms with Crippen LogP contribution in [0.4, 0.5) is 5.69 Å². The highest BCUT2D eigenvalue weighted by molar-refractivity contribution is 9.10. The van der Waals surface area contributed by atoms with Crippen molar-refractivity contribution in [2.45, 2.75) is 6.54 Å². The first kappa shape index (κ1) is 16.1. The van der Waals surface area contributed by atoms with Crippen LogP contribution < -0.4 is 4.90 Å². The Morgan fingerprint density at radius 2 is 1.81 bits per heavy atom. The maximum absolute atomic E-state index is 11.1. The fourth-order valence-electron chi connectivity index (χ4n) is 1.91. The van der Waals surface area contributed by atoms with E-state index in [-0.39, 0.29) is 6.54 Å². The number of halogens is 3. The molecule has 0 atom stereocenters. The number of benzene rings is 2. The van der Waals surface area contributed by atoms with Crippen LogP contribution in [0.3, 0.4) is 0 Å². The predicted molar refractivity (Wildman–Crippen MR) is 89.3 cm³/mol. The summed E-state index contributed by atoms with van der Waals surface area (Å²) < 4.78 is 0.882. The smallest absolute Gasteiger partial charge is 0.323 e. The van der Waals surface area contributed by atoms with Gasteiger partial charge in [-0.3, -0.25) is 4.79 Å². The number of carboxylic acid groups (broad SMARTS) is 1. The second kappa shape index (κ2) is 7.16. The molecule has 0 saturated carbocycles. The third-order valence-corrected chi connectivity index (χ3v) is 3.99. The summed E-state index contributed by atoms with van der Waals surface area (Å²) in [5, 5.41) is 10.3. The molecule has 1 N–H and O–H groups in total. The molecule has 3 nitrogen and oxygen atoms in total. The Labute approximate surface area is 141 Å². The molecule has 0 aromatic heterocycles. The number of hydrogen-bond donors (Lipinski definition) is 1. The molecule has 0 amide bonds. The van der Waals surface area contributed by atoms with Crippen molar-refractivity contribution in [2.75, 3.05) is 11.4 Å². The summed E-state index contributed by atoms with van der Waals surface area (Å²) in [6, 6.07) is 12.6. The maximum atomic E-state index is 11.1. The van der Waals surface area contributed by atoms with Gasteiger partial charge in [0.2, 0.25) is 0 Å². The Kier molecular flexibility index (Phi) is 5.51. The fraction of sp³-hybridized carbons (Fsp3) is 0.133. The number of carboxylic acids is 1. The number of carbonyl (C=O) groups is 1. The lowest BCUT2D eigenvalue weighted by Gasteiger charge is -2.23. The highest BCUT2D eigenvalue weighted by Crippen LogP contribution is 2.25. The van der Waals surface area contributed by atoms with Crippen molar-refractivity contribution < 1.29 is 9.90 Å². The number of hydrogen-bond acceptors (Lipinski definition) is 2. The third kappa shape index (κ3) is 4.63. The van der Waals surface area contributed by atoms with Gasteiger partial charge in [-0.25, -0.2) is 0 Å². The third-order valence-electron chi connectivity index (χ3n) is 2.89. The zero-order valence-electron chi connectivity index (χ0n) is 10.9. The van der Waals surface area contributed by atoms with Crippen molar-refractivity contribution in [3.63, 3.8) is 0 Å². The summed E-state index contributed by atoms with van der Waals surface area (Å²) in [7, 11) is 0. The molecule has 6 heteroatoms. The average molecular weight is 389 g/mol. The number of anilines is 1. The standard InChI is InChI=1S/C15H12BrCl2NO2/c16-11-2-1-10(14(18)7-11)8-19(9-15(20)21)13-5-3-12(17)4-6-13/h1-7H,8-9H2,(H,20,21). The van der Waals surface area contributed by atoms with Crippen LogP contribution in [-0.2, 0) is 11.3 Å². The zero-order valence-corrected chi connectivity index (χ0v) is 14.0. The molecule has 0 aliphatic rings. The van der Waals surface area contributed by atoms with E-state index >= 15 is 0 Å². The minimum Gasteiger partial charge on any atom is -0.480 e. The van der Waals surface area contributed by atoms with E-state index in [1.54, 1.807) is 35.2 Å². The summed E-state index contributed by atoms with van der Waals surface area (Å²) in [6.45, 7) is 0.286. The Bertz CT molecular complexity index is 647. The van der Waals surface area contributed by atoms with Gasteiger partial charge < -0.3 is 10.0 Å². The van der Waals surface area contributed by atoms with E-state index in [4.69, 9.17) is 28.3 Å². The van der Waals surface area contributed by atoms with Crippen molar-refractivity contribution in [2.24, 2.45) is 0 Å². The van der Waals surface area contributed by atoms with E-state index in [9.17, 15) is 4.79 Å². The summed E-state index contributed by atoms with van der Waals surface area (Å²) in [6.07, 6.45) is 0. The average Bonchev–Trinajstić information content (AvgIpc) is 2.41. The van der Waals surface area contributed by atoms with Gasteiger partial charge in [0.25, 0.3) is 0 Å². The molecule has 0 bridgehead atoms. The van der Waals surface area contributed by atoms with Crippen LogP contribution >= 0.6 is 39.1 Å². The Morgan fingerprint density at radius 3 is 2.38 bits per heavy atom. The van der Waals surface area contributed by atoms with Crippen LogP contribution in [-0.4, -0.2) is 17.6 Å². The molecular formula is C15H12BrCl2NO2. The van der Waals surface area contributed by atoms with Gasteiger partial charge in [-0.1, -0.05) is 45.2 Å². The van der Waals surface area contributed by atoms with Gasteiger partial charge in [-0.2, -0.15) is 0 Å². The monoisotopic (exact) mass is 387 g/mol. The van der Waals surface area contributed by atoms with Crippen LogP contribution in [0.1, 0.15) is 5.56 Å². The Morgan fingerprint density at radius 1 is 1.14 bits per heavy atom. The van der Waals surface area contributed by atoms with E-state index in [1.165, 1.54) is 0 Å². The predicted octanol–water partition coefficient (Wildman–Crippen LogP) is 4.85. The van der Waals surface area contributed by atoms with E-state index < -0.39 is 5.97 Å². The van der Waals surface area contributed by atoms with Crippen molar-refractivity contribution in [1.82, 2.24) is 0 Å². The number of rotatable bonds is 5. The van der Waals surface area contributed by atoms with Gasteiger partial charge in [0.15, 0.2) is 0 Å².